The molecule has 0 amide bonds. The lowest BCUT2D eigenvalue weighted by Gasteiger charge is -2.13. The molecule has 13 aromatic rings. The number of para-hydroxylation sites is 3. The Morgan fingerprint density at radius 1 is 0.310 bits per heavy atom. The van der Waals surface area contributed by atoms with E-state index in [0.29, 0.717) is 5.95 Å². The molecule has 0 fully saturated rings. The summed E-state index contributed by atoms with van der Waals surface area (Å²) >= 11 is 0. The number of hydrogen-bond acceptors (Lipinski definition) is 2. The second-order valence-electron chi connectivity index (χ2n) is 15.4. The summed E-state index contributed by atoms with van der Waals surface area (Å²) in [7, 11) is 0. The van der Waals surface area contributed by atoms with E-state index in [1.54, 1.807) is 0 Å². The van der Waals surface area contributed by atoms with Gasteiger partial charge in [-0.1, -0.05) is 146 Å². The SMILES string of the molecule is c1ccc2c(c1)ccc1cc(-c3nc(-n4c5ccccc5c5cc6cc(-n7c8ccccc8c8ccc9ccccc9c87)ccc6cc54)nc4ccccc34)ccc12. The molecule has 0 aliphatic rings. The number of benzene rings is 10. The van der Waals surface area contributed by atoms with E-state index in [-0.39, 0.29) is 0 Å². The topological polar surface area (TPSA) is 35.6 Å². The molecule has 3 aromatic heterocycles. The summed E-state index contributed by atoms with van der Waals surface area (Å²) in [4.78, 5) is 10.7. The normalized spacial score (nSPS) is 12.1. The van der Waals surface area contributed by atoms with E-state index in [0.717, 1.165) is 44.3 Å². The minimum absolute atomic E-state index is 0.659. The monoisotopic (exact) mass is 736 g/mol. The van der Waals surface area contributed by atoms with Crippen molar-refractivity contribution in [3.05, 3.63) is 194 Å². The van der Waals surface area contributed by atoms with Crippen LogP contribution >= 0.6 is 0 Å². The highest BCUT2D eigenvalue weighted by molar-refractivity contribution is 6.19. The standard InChI is InChI=1S/C54H32N4/c1-3-13-40-33(11-1)21-22-36-29-37(25-27-41(36)40)52-46-17-5-8-18-48(46)55-54(56-52)58-50-20-10-7-16-44(50)47-31-38-30-39(26-23-35(38)32-51(47)58)57-49-19-9-6-15-43(49)45-28-24-34-12-2-4-14-42(34)53(45)57/h1-32H. The van der Waals surface area contributed by atoms with Gasteiger partial charge in [-0.25, -0.2) is 9.97 Å². The number of rotatable bonds is 3. The van der Waals surface area contributed by atoms with Gasteiger partial charge in [-0.3, -0.25) is 4.57 Å². The van der Waals surface area contributed by atoms with E-state index in [9.17, 15) is 0 Å². The average Bonchev–Trinajstić information content (AvgIpc) is 3.80. The molecule has 4 nitrogen and oxygen atoms in total. The van der Waals surface area contributed by atoms with Gasteiger partial charge < -0.3 is 4.57 Å². The first-order valence-electron chi connectivity index (χ1n) is 19.8. The predicted molar refractivity (Wildman–Crippen MR) is 244 cm³/mol. The summed E-state index contributed by atoms with van der Waals surface area (Å²) < 4.78 is 4.70. The first-order valence-corrected chi connectivity index (χ1v) is 19.8. The molecule has 4 heteroatoms. The maximum atomic E-state index is 5.44. The van der Waals surface area contributed by atoms with Gasteiger partial charge in [-0.2, -0.15) is 0 Å². The van der Waals surface area contributed by atoms with Gasteiger partial charge in [-0.15, -0.1) is 0 Å². The maximum absolute atomic E-state index is 5.44. The van der Waals surface area contributed by atoms with Crippen LogP contribution in [0.3, 0.4) is 0 Å². The predicted octanol–water partition coefficient (Wildman–Crippen LogP) is 14.1. The van der Waals surface area contributed by atoms with Crippen LogP contribution in [0.15, 0.2) is 194 Å². The van der Waals surface area contributed by atoms with E-state index in [4.69, 9.17) is 9.97 Å². The molecule has 58 heavy (non-hydrogen) atoms. The highest BCUT2D eigenvalue weighted by Crippen LogP contribution is 2.40. The number of hydrogen-bond donors (Lipinski definition) is 0. The third-order valence-electron chi connectivity index (χ3n) is 12.2. The van der Waals surface area contributed by atoms with Crippen LogP contribution in [0.5, 0.6) is 0 Å². The van der Waals surface area contributed by atoms with Gasteiger partial charge in [0.25, 0.3) is 0 Å². The van der Waals surface area contributed by atoms with Crippen LogP contribution in [0.2, 0.25) is 0 Å². The molecule has 0 aliphatic heterocycles. The summed E-state index contributed by atoms with van der Waals surface area (Å²) in [5.41, 5.74) is 8.64. The molecule has 3 heterocycles. The Morgan fingerprint density at radius 3 is 1.76 bits per heavy atom. The van der Waals surface area contributed by atoms with Crippen molar-refractivity contribution in [3.63, 3.8) is 0 Å². The molecular weight excluding hydrogens is 705 g/mol. The molecule has 10 aromatic carbocycles. The summed E-state index contributed by atoms with van der Waals surface area (Å²) in [6.45, 7) is 0. The average molecular weight is 737 g/mol. The zero-order chi connectivity index (χ0) is 37.9. The van der Waals surface area contributed by atoms with Crippen LogP contribution in [0.25, 0.3) is 120 Å². The molecule has 0 spiro atoms. The fourth-order valence-corrected chi connectivity index (χ4v) is 9.60. The van der Waals surface area contributed by atoms with Crippen molar-refractivity contribution in [2.75, 3.05) is 0 Å². The number of nitrogens with zero attached hydrogens (tertiary/aromatic N) is 4. The molecule has 13 rings (SSSR count). The van der Waals surface area contributed by atoms with Crippen LogP contribution in [-0.2, 0) is 0 Å². The van der Waals surface area contributed by atoms with Crippen molar-refractivity contribution in [1.29, 1.82) is 0 Å². The number of fused-ring (bicyclic) bond motifs is 13. The van der Waals surface area contributed by atoms with E-state index in [2.05, 4.69) is 203 Å². The Hall–Kier alpha value is -7.82. The molecule has 0 aliphatic carbocycles. The minimum Gasteiger partial charge on any atom is -0.309 e. The van der Waals surface area contributed by atoms with Crippen LogP contribution in [0.4, 0.5) is 0 Å². The smallest absolute Gasteiger partial charge is 0.235 e. The second-order valence-corrected chi connectivity index (χ2v) is 15.4. The molecule has 0 radical (unpaired) electrons. The Morgan fingerprint density at radius 2 is 0.914 bits per heavy atom. The van der Waals surface area contributed by atoms with Crippen LogP contribution in [-0.4, -0.2) is 19.1 Å². The van der Waals surface area contributed by atoms with Crippen molar-refractivity contribution in [2.45, 2.75) is 0 Å². The zero-order valence-corrected chi connectivity index (χ0v) is 31.3. The van der Waals surface area contributed by atoms with Crippen molar-refractivity contribution < 1.29 is 0 Å². The summed E-state index contributed by atoms with van der Waals surface area (Å²) in [6, 6.07) is 70.3. The maximum Gasteiger partial charge on any atom is 0.235 e. The van der Waals surface area contributed by atoms with E-state index >= 15 is 0 Å². The summed E-state index contributed by atoms with van der Waals surface area (Å²) in [6.07, 6.45) is 0. The third-order valence-corrected chi connectivity index (χ3v) is 12.2. The highest BCUT2D eigenvalue weighted by Gasteiger charge is 2.20. The van der Waals surface area contributed by atoms with Gasteiger partial charge in [0.1, 0.15) is 0 Å². The third kappa shape index (κ3) is 4.45. The van der Waals surface area contributed by atoms with Gasteiger partial charge in [-0.05, 0) is 86.2 Å². The molecule has 0 saturated carbocycles. The molecule has 0 N–H and O–H groups in total. The van der Waals surface area contributed by atoms with Gasteiger partial charge in [0.2, 0.25) is 5.95 Å². The Labute approximate surface area is 332 Å². The molecule has 0 atom stereocenters. The molecule has 0 bridgehead atoms. The number of aromatic nitrogens is 4. The first kappa shape index (κ1) is 31.4. The van der Waals surface area contributed by atoms with Gasteiger partial charge in [0.15, 0.2) is 0 Å². The van der Waals surface area contributed by atoms with E-state index in [1.807, 2.05) is 0 Å². The fourth-order valence-electron chi connectivity index (χ4n) is 9.60. The van der Waals surface area contributed by atoms with Crippen molar-refractivity contribution in [3.8, 4) is 22.9 Å². The Kier molecular flexibility index (Phi) is 6.41. The van der Waals surface area contributed by atoms with E-state index < -0.39 is 0 Å². The van der Waals surface area contributed by atoms with Crippen LogP contribution in [0.1, 0.15) is 0 Å². The zero-order valence-electron chi connectivity index (χ0n) is 31.3. The largest absolute Gasteiger partial charge is 0.309 e. The first-order chi connectivity index (χ1) is 28.7. The molecule has 0 unspecified atom stereocenters. The minimum atomic E-state index is 0.659. The van der Waals surface area contributed by atoms with Crippen molar-refractivity contribution in [2.24, 2.45) is 0 Å². The quantitative estimate of drug-likeness (QED) is 0.169. The van der Waals surface area contributed by atoms with E-state index in [1.165, 1.54) is 70.3 Å². The lowest BCUT2D eigenvalue weighted by atomic mass is 9.98. The Bertz CT molecular complexity index is 3870. The van der Waals surface area contributed by atoms with Crippen molar-refractivity contribution >= 4 is 97.6 Å². The van der Waals surface area contributed by atoms with Gasteiger partial charge in [0, 0.05) is 43.6 Å². The Balaban J connectivity index is 1.04. The fraction of sp³-hybridized carbons (Fsp3) is 0. The highest BCUT2D eigenvalue weighted by atomic mass is 15.2. The summed E-state index contributed by atoms with van der Waals surface area (Å²) in [5.74, 6) is 0.659. The lowest BCUT2D eigenvalue weighted by molar-refractivity contribution is 1.01. The molecule has 268 valence electrons. The van der Waals surface area contributed by atoms with Gasteiger partial charge in [0.05, 0.1) is 33.3 Å². The lowest BCUT2D eigenvalue weighted by Crippen LogP contribution is -2.03. The second kappa shape index (κ2) is 11.8. The van der Waals surface area contributed by atoms with Crippen LogP contribution in [0, 0.1) is 0 Å². The molecule has 0 saturated heterocycles. The van der Waals surface area contributed by atoms with Crippen molar-refractivity contribution in [1.82, 2.24) is 19.1 Å². The van der Waals surface area contributed by atoms with Crippen LogP contribution < -0.4 is 0 Å². The molecular formula is C54H32N4. The van der Waals surface area contributed by atoms with Gasteiger partial charge >= 0.3 is 0 Å². The summed E-state index contributed by atoms with van der Waals surface area (Å²) in [5, 5.41) is 15.7.